The standard InChI is InChI=1S/C14H15N3O3S/c1-2-20-11-6-4-3-5-10(11)16-13(19)9-21-14-15-8-7-12(18)17-14/h3-8H,2,9H2,1H3,(H,16,19)(H,15,17,18). The first-order chi connectivity index (χ1) is 10.2. The van der Waals surface area contributed by atoms with E-state index in [4.69, 9.17) is 4.74 Å². The third-order valence-corrected chi connectivity index (χ3v) is 3.34. The lowest BCUT2D eigenvalue weighted by Crippen LogP contribution is -2.15. The van der Waals surface area contributed by atoms with Crippen LogP contribution in [-0.2, 0) is 4.79 Å². The third kappa shape index (κ3) is 4.64. The number of nitrogens with zero attached hydrogens (tertiary/aromatic N) is 1. The van der Waals surface area contributed by atoms with E-state index in [2.05, 4.69) is 15.3 Å². The first-order valence-corrected chi connectivity index (χ1v) is 7.37. The summed E-state index contributed by atoms with van der Waals surface area (Å²) in [6, 6.07) is 8.55. The summed E-state index contributed by atoms with van der Waals surface area (Å²) >= 11 is 1.16. The summed E-state index contributed by atoms with van der Waals surface area (Å²) in [4.78, 5) is 29.6. The van der Waals surface area contributed by atoms with Crippen molar-refractivity contribution in [1.82, 2.24) is 9.97 Å². The molecule has 0 saturated heterocycles. The van der Waals surface area contributed by atoms with E-state index in [9.17, 15) is 9.59 Å². The molecule has 2 aromatic rings. The van der Waals surface area contributed by atoms with Crippen LogP contribution < -0.4 is 15.6 Å². The van der Waals surface area contributed by atoms with Gasteiger partial charge in [-0.3, -0.25) is 9.59 Å². The fourth-order valence-corrected chi connectivity index (χ4v) is 2.24. The first kappa shape index (κ1) is 15.1. The Morgan fingerprint density at radius 1 is 1.38 bits per heavy atom. The number of carbonyl (C=O) groups is 1. The fraction of sp³-hybridized carbons (Fsp3) is 0.214. The molecule has 6 nitrogen and oxygen atoms in total. The minimum atomic E-state index is -0.241. The predicted octanol–water partition coefficient (Wildman–Crippen LogP) is 1.90. The monoisotopic (exact) mass is 305 g/mol. The molecular weight excluding hydrogens is 290 g/mol. The first-order valence-electron chi connectivity index (χ1n) is 6.39. The van der Waals surface area contributed by atoms with Gasteiger partial charge in [0, 0.05) is 12.3 Å². The molecule has 1 aromatic heterocycles. The van der Waals surface area contributed by atoms with Gasteiger partial charge in [0.25, 0.3) is 5.56 Å². The Labute approximate surface area is 125 Å². The van der Waals surface area contributed by atoms with E-state index in [1.54, 1.807) is 12.1 Å². The Hall–Kier alpha value is -2.28. The second-order valence-corrected chi connectivity index (χ2v) is 4.97. The molecule has 0 spiro atoms. The molecule has 2 rings (SSSR count). The molecule has 7 heteroatoms. The van der Waals surface area contributed by atoms with Crippen molar-refractivity contribution in [3.63, 3.8) is 0 Å². The maximum atomic E-state index is 11.9. The highest BCUT2D eigenvalue weighted by Crippen LogP contribution is 2.24. The van der Waals surface area contributed by atoms with E-state index in [0.717, 1.165) is 11.8 Å². The van der Waals surface area contributed by atoms with Crippen molar-refractivity contribution in [3.05, 3.63) is 46.9 Å². The summed E-state index contributed by atoms with van der Waals surface area (Å²) in [6.45, 7) is 2.41. The van der Waals surface area contributed by atoms with Gasteiger partial charge in [0.15, 0.2) is 5.16 Å². The van der Waals surface area contributed by atoms with E-state index in [1.165, 1.54) is 12.3 Å². The molecule has 0 atom stereocenters. The number of nitrogens with one attached hydrogen (secondary N) is 2. The number of benzene rings is 1. The van der Waals surface area contributed by atoms with Crippen LogP contribution in [0.3, 0.4) is 0 Å². The molecule has 0 aliphatic rings. The van der Waals surface area contributed by atoms with Gasteiger partial charge in [-0.25, -0.2) is 4.98 Å². The van der Waals surface area contributed by atoms with Crippen LogP contribution in [0.25, 0.3) is 0 Å². The van der Waals surface area contributed by atoms with Gasteiger partial charge in [-0.1, -0.05) is 23.9 Å². The van der Waals surface area contributed by atoms with Crippen LogP contribution in [0.1, 0.15) is 6.92 Å². The second kappa shape index (κ2) is 7.49. The Morgan fingerprint density at radius 3 is 2.95 bits per heavy atom. The van der Waals surface area contributed by atoms with Crippen LogP contribution >= 0.6 is 11.8 Å². The number of aromatic nitrogens is 2. The fourth-order valence-electron chi connectivity index (χ4n) is 1.60. The molecule has 0 saturated carbocycles. The van der Waals surface area contributed by atoms with Crippen molar-refractivity contribution >= 4 is 23.4 Å². The number of hydrogen-bond donors (Lipinski definition) is 2. The highest BCUT2D eigenvalue weighted by Gasteiger charge is 2.08. The lowest BCUT2D eigenvalue weighted by molar-refractivity contribution is -0.113. The molecule has 0 aliphatic carbocycles. The zero-order chi connectivity index (χ0) is 15.1. The number of carbonyl (C=O) groups excluding carboxylic acids is 1. The molecule has 1 aromatic carbocycles. The molecule has 1 amide bonds. The highest BCUT2D eigenvalue weighted by molar-refractivity contribution is 7.99. The van der Waals surface area contributed by atoms with Crippen LogP contribution in [0.15, 0.2) is 46.5 Å². The largest absolute Gasteiger partial charge is 0.492 e. The summed E-state index contributed by atoms with van der Waals surface area (Å²) in [7, 11) is 0. The number of para-hydroxylation sites is 2. The Morgan fingerprint density at radius 2 is 2.19 bits per heavy atom. The van der Waals surface area contributed by atoms with Crippen molar-refractivity contribution in [3.8, 4) is 5.75 Å². The molecule has 110 valence electrons. The zero-order valence-electron chi connectivity index (χ0n) is 11.5. The van der Waals surface area contributed by atoms with Crippen molar-refractivity contribution in [1.29, 1.82) is 0 Å². The number of amides is 1. The molecule has 0 bridgehead atoms. The molecule has 0 unspecified atom stereocenters. The number of anilines is 1. The SMILES string of the molecule is CCOc1ccccc1NC(=O)CSc1nccc(=O)[nH]1. The summed E-state index contributed by atoms with van der Waals surface area (Å²) in [5.41, 5.74) is 0.383. The van der Waals surface area contributed by atoms with E-state index < -0.39 is 0 Å². The molecule has 0 fully saturated rings. The number of ether oxygens (including phenoxy) is 1. The van der Waals surface area contributed by atoms with Gasteiger partial charge in [0.1, 0.15) is 5.75 Å². The maximum Gasteiger partial charge on any atom is 0.251 e. The van der Waals surface area contributed by atoms with E-state index >= 15 is 0 Å². The van der Waals surface area contributed by atoms with Gasteiger partial charge in [-0.15, -0.1) is 0 Å². The van der Waals surface area contributed by atoms with Crippen LogP contribution in [0.5, 0.6) is 5.75 Å². The molecule has 2 N–H and O–H groups in total. The predicted molar refractivity (Wildman–Crippen MR) is 81.8 cm³/mol. The van der Waals surface area contributed by atoms with E-state index in [-0.39, 0.29) is 17.2 Å². The Kier molecular flexibility index (Phi) is 5.39. The maximum absolute atomic E-state index is 11.9. The van der Waals surface area contributed by atoms with Crippen molar-refractivity contribution in [2.75, 3.05) is 17.7 Å². The van der Waals surface area contributed by atoms with Gasteiger partial charge < -0.3 is 15.0 Å². The molecular formula is C14H15N3O3S. The number of rotatable bonds is 6. The Bertz CT molecular complexity index is 672. The third-order valence-electron chi connectivity index (χ3n) is 2.45. The summed E-state index contributed by atoms with van der Waals surface area (Å²) < 4.78 is 5.44. The average Bonchev–Trinajstić information content (AvgIpc) is 2.48. The smallest absolute Gasteiger partial charge is 0.251 e. The van der Waals surface area contributed by atoms with Crippen LogP contribution in [0.2, 0.25) is 0 Å². The quantitative estimate of drug-likeness (QED) is 0.629. The minimum absolute atomic E-state index is 0.146. The molecule has 0 radical (unpaired) electrons. The van der Waals surface area contributed by atoms with Gasteiger partial charge in [0.05, 0.1) is 18.0 Å². The number of H-pyrrole nitrogens is 1. The van der Waals surface area contributed by atoms with Gasteiger partial charge in [-0.05, 0) is 19.1 Å². The van der Waals surface area contributed by atoms with Gasteiger partial charge in [-0.2, -0.15) is 0 Å². The lowest BCUT2D eigenvalue weighted by atomic mass is 10.3. The molecule has 0 aliphatic heterocycles. The zero-order valence-corrected chi connectivity index (χ0v) is 12.3. The summed E-state index contributed by atoms with van der Waals surface area (Å²) in [5, 5.41) is 3.19. The highest BCUT2D eigenvalue weighted by atomic mass is 32.2. The number of hydrogen-bond acceptors (Lipinski definition) is 5. The van der Waals surface area contributed by atoms with Gasteiger partial charge in [0.2, 0.25) is 5.91 Å². The lowest BCUT2D eigenvalue weighted by Gasteiger charge is -2.10. The van der Waals surface area contributed by atoms with Crippen LogP contribution in [0, 0.1) is 0 Å². The minimum Gasteiger partial charge on any atom is -0.492 e. The normalized spacial score (nSPS) is 10.1. The van der Waals surface area contributed by atoms with Gasteiger partial charge >= 0.3 is 0 Å². The Balaban J connectivity index is 1.94. The summed E-state index contributed by atoms with van der Waals surface area (Å²) in [5.74, 6) is 0.580. The number of thioether (sulfide) groups is 1. The summed E-state index contributed by atoms with van der Waals surface area (Å²) in [6.07, 6.45) is 1.41. The topological polar surface area (TPSA) is 84.1 Å². The molecule has 1 heterocycles. The second-order valence-electron chi connectivity index (χ2n) is 4.01. The average molecular weight is 305 g/mol. The molecule has 21 heavy (non-hydrogen) atoms. The van der Waals surface area contributed by atoms with E-state index in [1.807, 2.05) is 19.1 Å². The van der Waals surface area contributed by atoms with Crippen molar-refractivity contribution < 1.29 is 9.53 Å². The number of aromatic amines is 1. The van der Waals surface area contributed by atoms with Crippen molar-refractivity contribution in [2.24, 2.45) is 0 Å². The van der Waals surface area contributed by atoms with Crippen LogP contribution in [0.4, 0.5) is 5.69 Å². The van der Waals surface area contributed by atoms with E-state index in [0.29, 0.717) is 23.2 Å². The van der Waals surface area contributed by atoms with Crippen molar-refractivity contribution in [2.45, 2.75) is 12.1 Å². The van der Waals surface area contributed by atoms with Crippen LogP contribution in [-0.4, -0.2) is 28.2 Å².